The summed E-state index contributed by atoms with van der Waals surface area (Å²) in [7, 11) is 2.00. The molecule has 3 heterocycles. The second-order valence-electron chi connectivity index (χ2n) is 5.04. The maximum Gasteiger partial charge on any atom is 0.195 e. The van der Waals surface area contributed by atoms with E-state index in [1.807, 2.05) is 31.6 Å². The molecule has 0 fully saturated rings. The molecule has 0 radical (unpaired) electrons. The first kappa shape index (κ1) is 9.88. The van der Waals surface area contributed by atoms with Crippen LogP contribution in [-0.4, -0.2) is 40.1 Å². The van der Waals surface area contributed by atoms with Gasteiger partial charge in [-0.05, 0) is 17.5 Å². The van der Waals surface area contributed by atoms with Gasteiger partial charge in [-0.15, -0.1) is 0 Å². The lowest BCUT2D eigenvalue weighted by atomic mass is 9.80. The lowest BCUT2D eigenvalue weighted by Gasteiger charge is -2.21. The fourth-order valence-electron chi connectivity index (χ4n) is 3.14. The zero-order valence-electron chi connectivity index (χ0n) is 10.00. The van der Waals surface area contributed by atoms with Crippen molar-refractivity contribution in [1.29, 1.82) is 0 Å². The minimum atomic E-state index is -0.0875. The molecule has 0 spiro atoms. The minimum absolute atomic E-state index is 0.0875. The Morgan fingerprint density at radius 2 is 2.06 bits per heavy atom. The van der Waals surface area contributed by atoms with Gasteiger partial charge in [-0.1, -0.05) is 0 Å². The lowest BCUT2D eigenvalue weighted by Crippen LogP contribution is -2.28. The van der Waals surface area contributed by atoms with Crippen LogP contribution < -0.4 is 0 Å². The van der Waals surface area contributed by atoms with E-state index >= 15 is 0 Å². The quantitative estimate of drug-likeness (QED) is 0.649. The van der Waals surface area contributed by atoms with Gasteiger partial charge >= 0.3 is 0 Å². The van der Waals surface area contributed by atoms with Gasteiger partial charge in [-0.25, -0.2) is 4.58 Å². The van der Waals surface area contributed by atoms with Crippen LogP contribution in [0.4, 0.5) is 0 Å². The number of rotatable bonds is 0. The van der Waals surface area contributed by atoms with Gasteiger partial charge in [-0.3, -0.25) is 14.8 Å². The van der Waals surface area contributed by atoms with Gasteiger partial charge < -0.3 is 0 Å². The molecule has 2 atom stereocenters. The monoisotopic (exact) mass is 238 g/mol. The first-order chi connectivity index (χ1) is 8.75. The van der Waals surface area contributed by atoms with Crippen LogP contribution in [0.2, 0.25) is 0 Å². The fraction of sp³-hybridized carbons (Fsp3) is 0.286. The average Bonchev–Trinajstić information content (AvgIpc) is 2.78. The fourth-order valence-corrected chi connectivity index (χ4v) is 3.14. The molecule has 2 unspecified atom stereocenters. The number of pyridine rings is 2. The summed E-state index contributed by atoms with van der Waals surface area (Å²) in [5, 5.41) is 2.02. The summed E-state index contributed by atoms with van der Waals surface area (Å²) in [5.74, 6) is 0.230. The number of likely N-dealkylation sites (N-methyl/N-ethyl adjacent to an activating group) is 1. The number of carbonyl (C=O) groups excluding carboxylic acids is 1. The molecule has 4 heteroatoms. The van der Waals surface area contributed by atoms with Crippen LogP contribution in [0.1, 0.15) is 22.1 Å². The highest BCUT2D eigenvalue weighted by Crippen LogP contribution is 2.38. The van der Waals surface area contributed by atoms with E-state index in [-0.39, 0.29) is 17.6 Å². The predicted molar refractivity (Wildman–Crippen MR) is 67.2 cm³/mol. The Bertz CT molecular complexity index is 715. The Hall–Kier alpha value is -2.10. The molecule has 0 saturated heterocycles. The zero-order valence-corrected chi connectivity index (χ0v) is 10.00. The summed E-state index contributed by atoms with van der Waals surface area (Å²) in [6.45, 7) is 0.858. The van der Waals surface area contributed by atoms with Crippen molar-refractivity contribution in [2.45, 2.75) is 5.92 Å². The molecule has 4 nitrogen and oxygen atoms in total. The first-order valence-corrected chi connectivity index (χ1v) is 6.09. The number of ketones is 1. The highest BCUT2D eigenvalue weighted by Gasteiger charge is 2.45. The number of hydrogen-bond donors (Lipinski definition) is 0. The van der Waals surface area contributed by atoms with Crippen molar-refractivity contribution >= 4 is 22.8 Å². The molecule has 0 N–H and O–H groups in total. The van der Waals surface area contributed by atoms with E-state index in [2.05, 4.69) is 14.5 Å². The number of nitrogens with zero attached hydrogens (tertiary/aromatic N) is 3. The number of fused-ring (bicyclic) bond motifs is 2. The molecule has 18 heavy (non-hydrogen) atoms. The summed E-state index contributed by atoms with van der Waals surface area (Å²) in [6.07, 6.45) is 5.54. The summed E-state index contributed by atoms with van der Waals surface area (Å²) in [4.78, 5) is 21.3. The van der Waals surface area contributed by atoms with Gasteiger partial charge in [0.25, 0.3) is 0 Å². The van der Waals surface area contributed by atoms with Crippen LogP contribution in [-0.2, 0) is 0 Å². The predicted octanol–water partition coefficient (Wildman–Crippen LogP) is 1.25. The molecule has 2 aromatic heterocycles. The van der Waals surface area contributed by atoms with Gasteiger partial charge in [0.1, 0.15) is 18.7 Å². The third-order valence-electron chi connectivity index (χ3n) is 3.93. The van der Waals surface area contributed by atoms with Crippen molar-refractivity contribution in [3.63, 3.8) is 0 Å². The second kappa shape index (κ2) is 3.22. The van der Waals surface area contributed by atoms with Crippen LogP contribution in [0.25, 0.3) is 10.8 Å². The van der Waals surface area contributed by atoms with E-state index in [4.69, 9.17) is 0 Å². The Morgan fingerprint density at radius 1 is 1.28 bits per heavy atom. The molecule has 0 amide bonds. The van der Waals surface area contributed by atoms with Crippen molar-refractivity contribution in [3.8, 4) is 0 Å². The number of Topliss-reactive ketones (excluding diaryl/α,β-unsaturated/α-hetero) is 1. The van der Waals surface area contributed by atoms with Crippen LogP contribution in [0.3, 0.4) is 0 Å². The Morgan fingerprint density at radius 3 is 2.89 bits per heavy atom. The van der Waals surface area contributed by atoms with Crippen LogP contribution >= 0.6 is 0 Å². The van der Waals surface area contributed by atoms with Crippen molar-refractivity contribution in [3.05, 3.63) is 35.9 Å². The molecular formula is C14H12N3O+. The number of carbonyl (C=O) groups is 1. The second-order valence-corrected chi connectivity index (χ2v) is 5.04. The Balaban J connectivity index is 2.10. The average molecular weight is 238 g/mol. The van der Waals surface area contributed by atoms with E-state index in [9.17, 15) is 4.79 Å². The third kappa shape index (κ3) is 1.10. The smallest absolute Gasteiger partial charge is 0.195 e. The number of aromatic nitrogens is 2. The molecule has 0 saturated carbocycles. The van der Waals surface area contributed by atoms with Crippen LogP contribution in [0.5, 0.6) is 0 Å². The molecule has 1 aliphatic heterocycles. The Labute approximate surface area is 104 Å². The largest absolute Gasteiger partial charge is 0.291 e. The third-order valence-corrected chi connectivity index (χ3v) is 3.93. The normalized spacial score (nSPS) is 25.2. The van der Waals surface area contributed by atoms with Gasteiger partial charge in [0.05, 0.1) is 11.6 Å². The van der Waals surface area contributed by atoms with Crippen molar-refractivity contribution < 1.29 is 9.37 Å². The highest BCUT2D eigenvalue weighted by atomic mass is 16.1. The van der Waals surface area contributed by atoms with Crippen molar-refractivity contribution in [1.82, 2.24) is 9.97 Å². The van der Waals surface area contributed by atoms with E-state index in [0.717, 1.165) is 23.0 Å². The molecule has 2 aromatic rings. The van der Waals surface area contributed by atoms with E-state index in [1.54, 1.807) is 6.20 Å². The molecule has 4 rings (SSSR count). The molecule has 88 valence electrons. The van der Waals surface area contributed by atoms with Gasteiger partial charge in [-0.2, -0.15) is 0 Å². The van der Waals surface area contributed by atoms with Crippen LogP contribution in [0, 0.1) is 5.92 Å². The summed E-state index contributed by atoms with van der Waals surface area (Å²) >= 11 is 0. The maximum absolute atomic E-state index is 12.5. The highest BCUT2D eigenvalue weighted by molar-refractivity contribution is 6.15. The number of hydrogen-bond acceptors (Lipinski definition) is 3. The van der Waals surface area contributed by atoms with Crippen LogP contribution in [0.15, 0.2) is 24.5 Å². The molecule has 0 aromatic carbocycles. The molecular weight excluding hydrogens is 226 g/mol. The minimum Gasteiger partial charge on any atom is -0.291 e. The standard InChI is InChI=1S/C14H12N3O/c1-17-6-9-10(7-17)14(18)13-11-8(3-5-16-13)2-4-15-12(9)11/h2-5,7,9-10H,6H2,1H3/q+1. The van der Waals surface area contributed by atoms with Gasteiger partial charge in [0.15, 0.2) is 18.5 Å². The molecule has 2 aliphatic rings. The SMILES string of the molecule is C[N+]1=CC2C(=O)c3nccc4ccnc(c34)C2C1. The Kier molecular flexibility index (Phi) is 1.77. The van der Waals surface area contributed by atoms with E-state index in [0.29, 0.717) is 5.69 Å². The van der Waals surface area contributed by atoms with E-state index < -0.39 is 0 Å². The maximum atomic E-state index is 12.5. The summed E-state index contributed by atoms with van der Waals surface area (Å²) in [6, 6.07) is 3.89. The summed E-state index contributed by atoms with van der Waals surface area (Å²) < 4.78 is 2.08. The van der Waals surface area contributed by atoms with Crippen molar-refractivity contribution in [2.24, 2.45) is 5.92 Å². The zero-order chi connectivity index (χ0) is 12.3. The first-order valence-electron chi connectivity index (χ1n) is 6.09. The van der Waals surface area contributed by atoms with Gasteiger partial charge in [0.2, 0.25) is 0 Å². The van der Waals surface area contributed by atoms with E-state index in [1.165, 1.54) is 0 Å². The van der Waals surface area contributed by atoms with Crippen molar-refractivity contribution in [2.75, 3.05) is 13.6 Å². The lowest BCUT2D eigenvalue weighted by molar-refractivity contribution is -0.486. The van der Waals surface area contributed by atoms with Gasteiger partial charge in [0, 0.05) is 17.8 Å². The summed E-state index contributed by atoms with van der Waals surface area (Å²) in [5.41, 5.74) is 1.62. The molecule has 1 aliphatic carbocycles. The molecule has 0 bridgehead atoms. The topological polar surface area (TPSA) is 45.9 Å².